The number of ether oxygens (including phenoxy) is 1. The topological polar surface area (TPSA) is 60.6 Å². The van der Waals surface area contributed by atoms with E-state index < -0.39 is 0 Å². The minimum Gasteiger partial charge on any atom is -0.493 e. The molecular formula is C25H29BrN4O2. The molecule has 0 aliphatic carbocycles. The number of fused-ring (bicyclic) bond motifs is 3. The van der Waals surface area contributed by atoms with Crippen LogP contribution in [0.5, 0.6) is 5.75 Å². The molecule has 168 valence electrons. The molecular weight excluding hydrogens is 468 g/mol. The van der Waals surface area contributed by atoms with E-state index >= 15 is 0 Å². The van der Waals surface area contributed by atoms with Gasteiger partial charge in [-0.2, -0.15) is 0 Å². The van der Waals surface area contributed by atoms with Crippen LogP contribution in [0.15, 0.2) is 45.7 Å². The van der Waals surface area contributed by atoms with Crippen LogP contribution in [0.2, 0.25) is 0 Å². The molecule has 5 rings (SSSR count). The Morgan fingerprint density at radius 3 is 2.62 bits per heavy atom. The first-order valence-electron chi connectivity index (χ1n) is 11.4. The Hall–Kier alpha value is -2.51. The third-order valence-corrected chi connectivity index (χ3v) is 6.94. The van der Waals surface area contributed by atoms with Crippen LogP contribution in [-0.4, -0.2) is 49.2 Å². The average Bonchev–Trinajstić information content (AvgIpc) is 2.80. The van der Waals surface area contributed by atoms with E-state index in [1.807, 2.05) is 6.92 Å². The van der Waals surface area contributed by atoms with Crippen molar-refractivity contribution in [2.45, 2.75) is 26.3 Å². The first kappa shape index (κ1) is 21.3. The van der Waals surface area contributed by atoms with Gasteiger partial charge in [-0.05, 0) is 61.7 Å². The Kier molecular flexibility index (Phi) is 6.11. The maximum atomic E-state index is 12.7. The number of nitrogens with zero attached hydrogens (tertiary/aromatic N) is 2. The van der Waals surface area contributed by atoms with Crippen LogP contribution in [0.4, 0.5) is 11.4 Å². The minimum absolute atomic E-state index is 0.0161. The van der Waals surface area contributed by atoms with Crippen molar-refractivity contribution >= 4 is 38.2 Å². The molecule has 3 aromatic rings. The van der Waals surface area contributed by atoms with Crippen molar-refractivity contribution in [1.82, 2.24) is 9.88 Å². The molecule has 0 atom stereocenters. The molecule has 0 unspecified atom stereocenters. The van der Waals surface area contributed by atoms with Crippen LogP contribution in [0.25, 0.3) is 10.9 Å². The van der Waals surface area contributed by atoms with Gasteiger partial charge in [-0.15, -0.1) is 0 Å². The summed E-state index contributed by atoms with van der Waals surface area (Å²) >= 11 is 3.51. The molecule has 2 aromatic carbocycles. The summed E-state index contributed by atoms with van der Waals surface area (Å²) in [6, 6.07) is 12.8. The zero-order valence-electron chi connectivity index (χ0n) is 18.4. The molecule has 0 amide bonds. The third kappa shape index (κ3) is 4.24. The van der Waals surface area contributed by atoms with E-state index in [0.717, 1.165) is 84.5 Å². The van der Waals surface area contributed by atoms with E-state index in [-0.39, 0.29) is 5.56 Å². The molecule has 0 bridgehead atoms. The van der Waals surface area contributed by atoms with Gasteiger partial charge in [0.05, 0.1) is 23.2 Å². The van der Waals surface area contributed by atoms with Crippen molar-refractivity contribution in [2.75, 3.05) is 49.5 Å². The quantitative estimate of drug-likeness (QED) is 0.549. The maximum Gasteiger partial charge on any atom is 0.253 e. The van der Waals surface area contributed by atoms with Gasteiger partial charge in [0.25, 0.3) is 5.56 Å². The van der Waals surface area contributed by atoms with E-state index in [0.29, 0.717) is 6.61 Å². The first-order chi connectivity index (χ1) is 15.6. The fourth-order valence-corrected chi connectivity index (χ4v) is 5.10. The van der Waals surface area contributed by atoms with Gasteiger partial charge in [0, 0.05) is 55.0 Å². The number of H-pyrrole nitrogens is 1. The molecule has 6 nitrogen and oxygen atoms in total. The Labute approximate surface area is 196 Å². The minimum atomic E-state index is 0.0161. The number of hydrogen-bond donors (Lipinski definition) is 2. The predicted octanol–water partition coefficient (Wildman–Crippen LogP) is 4.37. The second kappa shape index (κ2) is 9.16. The highest BCUT2D eigenvalue weighted by atomic mass is 79.9. The smallest absolute Gasteiger partial charge is 0.253 e. The highest BCUT2D eigenvalue weighted by Gasteiger charge is 2.22. The molecule has 2 aliphatic heterocycles. The van der Waals surface area contributed by atoms with Gasteiger partial charge in [-0.25, -0.2) is 0 Å². The van der Waals surface area contributed by atoms with Crippen molar-refractivity contribution in [3.63, 3.8) is 0 Å². The van der Waals surface area contributed by atoms with Gasteiger partial charge in [0.2, 0.25) is 0 Å². The largest absolute Gasteiger partial charge is 0.493 e. The second-order valence-electron chi connectivity index (χ2n) is 8.53. The van der Waals surface area contributed by atoms with Crippen molar-refractivity contribution in [1.29, 1.82) is 0 Å². The summed E-state index contributed by atoms with van der Waals surface area (Å²) in [5, 5.41) is 4.46. The summed E-state index contributed by atoms with van der Waals surface area (Å²) in [5.74, 6) is 0.857. The number of aromatic nitrogens is 1. The lowest BCUT2D eigenvalue weighted by Crippen LogP contribution is -2.45. The molecule has 1 fully saturated rings. The lowest BCUT2D eigenvalue weighted by atomic mass is 9.99. The van der Waals surface area contributed by atoms with Crippen LogP contribution in [-0.2, 0) is 13.0 Å². The van der Waals surface area contributed by atoms with Gasteiger partial charge in [0.15, 0.2) is 0 Å². The molecule has 2 aliphatic rings. The van der Waals surface area contributed by atoms with Crippen LogP contribution >= 0.6 is 15.9 Å². The number of rotatable bonds is 5. The second-order valence-corrected chi connectivity index (χ2v) is 9.44. The predicted molar refractivity (Wildman–Crippen MR) is 134 cm³/mol. The van der Waals surface area contributed by atoms with Crippen LogP contribution < -0.4 is 20.5 Å². The standard InChI is InChI=1S/C25H29BrN4O2/c1-2-32-22-15-17(14-21-23(22)24-20(25(31)28-21)4-3-9-27-24)16-29-10-12-30(13-11-29)19-7-5-18(26)6-8-19/h5-8,14-15,27H,2-4,9-13,16H2,1H3,(H,28,31). The zero-order chi connectivity index (χ0) is 22.1. The summed E-state index contributed by atoms with van der Waals surface area (Å²) in [6.45, 7) is 8.34. The molecule has 32 heavy (non-hydrogen) atoms. The van der Waals surface area contributed by atoms with Crippen molar-refractivity contribution in [3.8, 4) is 5.75 Å². The summed E-state index contributed by atoms with van der Waals surface area (Å²) in [4.78, 5) is 20.7. The number of hydrogen-bond acceptors (Lipinski definition) is 5. The average molecular weight is 497 g/mol. The normalized spacial score (nSPS) is 16.6. The van der Waals surface area contributed by atoms with E-state index in [1.54, 1.807) is 0 Å². The SMILES string of the molecule is CCOc1cc(CN2CCN(c3ccc(Br)cc3)CC2)cc2[nH]c(=O)c3c(c12)NCCC3. The number of pyridine rings is 1. The summed E-state index contributed by atoms with van der Waals surface area (Å²) in [5.41, 5.74) is 5.12. The highest BCUT2D eigenvalue weighted by Crippen LogP contribution is 2.36. The third-order valence-electron chi connectivity index (χ3n) is 6.41. The molecule has 0 saturated carbocycles. The van der Waals surface area contributed by atoms with Gasteiger partial charge >= 0.3 is 0 Å². The molecule has 0 radical (unpaired) electrons. The van der Waals surface area contributed by atoms with Gasteiger partial charge in [0.1, 0.15) is 5.75 Å². The van der Waals surface area contributed by atoms with Gasteiger partial charge in [-0.1, -0.05) is 15.9 Å². The van der Waals surface area contributed by atoms with E-state index in [4.69, 9.17) is 4.74 Å². The lowest BCUT2D eigenvalue weighted by molar-refractivity contribution is 0.249. The molecule has 1 saturated heterocycles. The highest BCUT2D eigenvalue weighted by molar-refractivity contribution is 9.10. The Bertz CT molecular complexity index is 1170. The number of nitrogens with one attached hydrogen (secondary N) is 2. The number of benzene rings is 2. The van der Waals surface area contributed by atoms with Crippen molar-refractivity contribution in [3.05, 3.63) is 62.4 Å². The van der Waals surface area contributed by atoms with Crippen LogP contribution in [0.1, 0.15) is 24.5 Å². The van der Waals surface area contributed by atoms with Crippen LogP contribution in [0, 0.1) is 0 Å². The molecule has 7 heteroatoms. The Morgan fingerprint density at radius 2 is 1.88 bits per heavy atom. The Morgan fingerprint density at radius 1 is 1.09 bits per heavy atom. The monoisotopic (exact) mass is 496 g/mol. The summed E-state index contributed by atoms with van der Waals surface area (Å²) in [7, 11) is 0. The lowest BCUT2D eigenvalue weighted by Gasteiger charge is -2.36. The Balaban J connectivity index is 1.38. The summed E-state index contributed by atoms with van der Waals surface area (Å²) < 4.78 is 7.15. The van der Waals surface area contributed by atoms with Crippen molar-refractivity contribution in [2.24, 2.45) is 0 Å². The maximum absolute atomic E-state index is 12.7. The number of aromatic amines is 1. The van der Waals surface area contributed by atoms with Crippen LogP contribution in [0.3, 0.4) is 0 Å². The fourth-order valence-electron chi connectivity index (χ4n) is 4.84. The molecule has 1 aromatic heterocycles. The number of piperazine rings is 1. The van der Waals surface area contributed by atoms with Gasteiger partial charge < -0.3 is 19.9 Å². The first-order valence-corrected chi connectivity index (χ1v) is 12.2. The number of halogens is 1. The van der Waals surface area contributed by atoms with Crippen molar-refractivity contribution < 1.29 is 4.74 Å². The molecule has 0 spiro atoms. The molecule has 2 N–H and O–H groups in total. The van der Waals surface area contributed by atoms with Gasteiger partial charge in [-0.3, -0.25) is 9.69 Å². The fraction of sp³-hybridized carbons (Fsp3) is 0.400. The van der Waals surface area contributed by atoms with E-state index in [9.17, 15) is 4.79 Å². The molecule has 3 heterocycles. The number of anilines is 2. The van der Waals surface area contributed by atoms with E-state index in [2.05, 4.69) is 72.4 Å². The van der Waals surface area contributed by atoms with E-state index in [1.165, 1.54) is 11.3 Å². The summed E-state index contributed by atoms with van der Waals surface area (Å²) in [6.07, 6.45) is 1.79. The zero-order valence-corrected chi connectivity index (χ0v) is 20.0.